The van der Waals surface area contributed by atoms with Gasteiger partial charge in [-0.05, 0) is 11.0 Å². The van der Waals surface area contributed by atoms with E-state index in [0.29, 0.717) is 0 Å². The van der Waals surface area contributed by atoms with Crippen LogP contribution >= 0.6 is 95.9 Å². The number of hydrogen-bond acceptors (Lipinski definition) is 0. The largest absolute Gasteiger partial charge is 1.00 e. The van der Waals surface area contributed by atoms with E-state index in [9.17, 15) is 0 Å². The van der Waals surface area contributed by atoms with Crippen LogP contribution in [0.25, 0.3) is 0 Å². The second kappa shape index (κ2) is 40.6. The Labute approximate surface area is 193 Å². The molecule has 0 aromatic heterocycles. The van der Waals surface area contributed by atoms with Crippen LogP contribution in [0.2, 0.25) is 0 Å². The standard InChI is InChI=1S/Cs.5HI.H4Si/h;5*1H;1H4/q+1;;;;;;/p-1. The van der Waals surface area contributed by atoms with Crippen molar-refractivity contribution in [2.45, 2.75) is 0 Å². The third kappa shape index (κ3) is 33.5. The van der Waals surface area contributed by atoms with E-state index < -0.39 is 0 Å². The SMILES string of the molecule is I.I.I.I.[Cs+].[I-].[SiH4]. The summed E-state index contributed by atoms with van der Waals surface area (Å²) in [5.74, 6) is 0. The predicted octanol–water partition coefficient (Wildman–Crippen LogP) is -4.97. The molecule has 0 atom stereocenters. The van der Waals surface area contributed by atoms with Crippen LogP contribution in [0.15, 0.2) is 0 Å². The first-order chi connectivity index (χ1) is 0. The average molecular weight is 804 g/mol. The Hall–Kier alpha value is 5.92. The van der Waals surface area contributed by atoms with E-state index >= 15 is 0 Å². The van der Waals surface area contributed by atoms with E-state index in [2.05, 4.69) is 0 Å². The van der Waals surface area contributed by atoms with Crippen molar-refractivity contribution in [3.8, 4) is 0 Å². The molecule has 0 fully saturated rings. The zero-order valence-electron chi connectivity index (χ0n) is 3.01. The van der Waals surface area contributed by atoms with Crippen molar-refractivity contribution >= 4 is 107 Å². The van der Waals surface area contributed by atoms with Crippen LogP contribution < -0.4 is 92.9 Å². The monoisotopic (exact) mass is 803 g/mol. The van der Waals surface area contributed by atoms with Crippen LogP contribution in [0.4, 0.5) is 0 Å². The molecule has 7 heteroatoms. The van der Waals surface area contributed by atoms with E-state index in [-0.39, 0.29) is 200 Å². The molecule has 0 aliphatic heterocycles. The molecule has 0 radical (unpaired) electrons. The molecule has 0 heterocycles. The summed E-state index contributed by atoms with van der Waals surface area (Å²) in [6, 6.07) is 0. The summed E-state index contributed by atoms with van der Waals surface area (Å²) in [5.41, 5.74) is 0. The summed E-state index contributed by atoms with van der Waals surface area (Å²) in [7, 11) is 0. The minimum Gasteiger partial charge on any atom is -1.00 e. The Morgan fingerprint density at radius 3 is 0.571 bits per heavy atom. The van der Waals surface area contributed by atoms with Crippen LogP contribution in [-0.4, -0.2) is 11.0 Å². The van der Waals surface area contributed by atoms with Gasteiger partial charge in [-0.1, -0.05) is 0 Å². The maximum Gasteiger partial charge on any atom is 1.00 e. The first kappa shape index (κ1) is 52.4. The normalized spacial score (nSPS) is 0. The van der Waals surface area contributed by atoms with Crippen molar-refractivity contribution in [3.05, 3.63) is 0 Å². The Kier molecular flexibility index (Phi) is 304. The van der Waals surface area contributed by atoms with Crippen LogP contribution in [-0.2, 0) is 0 Å². The van der Waals surface area contributed by atoms with Crippen molar-refractivity contribution in [2.24, 2.45) is 0 Å². The summed E-state index contributed by atoms with van der Waals surface area (Å²) in [5, 5.41) is 0. The Bertz CT molecular complexity index is 8.04. The quantitative estimate of drug-likeness (QED) is 0.171. The molecule has 0 aromatic carbocycles. The average Bonchev–Trinajstić information content (AvgIpc) is 0. The molecule has 0 bridgehead atoms. The van der Waals surface area contributed by atoms with Gasteiger partial charge in [0.15, 0.2) is 0 Å². The van der Waals surface area contributed by atoms with Gasteiger partial charge in [-0.25, -0.2) is 0 Å². The van der Waals surface area contributed by atoms with E-state index in [4.69, 9.17) is 0 Å². The van der Waals surface area contributed by atoms with Gasteiger partial charge in [-0.15, -0.1) is 95.9 Å². The third-order valence-corrected chi connectivity index (χ3v) is 0. The molecule has 0 spiro atoms. The molecule has 0 unspecified atom stereocenters. The molecular formula is H8CsI5Si. The molecule has 0 aromatic rings. The molecule has 0 saturated heterocycles. The van der Waals surface area contributed by atoms with Crippen LogP contribution in [0, 0.1) is 0 Å². The van der Waals surface area contributed by atoms with Gasteiger partial charge in [0.1, 0.15) is 0 Å². The van der Waals surface area contributed by atoms with Crippen molar-refractivity contribution in [2.75, 3.05) is 0 Å². The fraction of sp³-hybridized carbons (Fsp3) is 0. The second-order valence-electron chi connectivity index (χ2n) is 0. The summed E-state index contributed by atoms with van der Waals surface area (Å²) in [6.45, 7) is 0. The zero-order valence-corrected chi connectivity index (χ0v) is 20.8. The smallest absolute Gasteiger partial charge is 1.00 e. The maximum atomic E-state index is 0. The fourth-order valence-electron chi connectivity index (χ4n) is 0. The zero-order chi connectivity index (χ0) is 0. The van der Waals surface area contributed by atoms with Gasteiger partial charge in [-0.3, -0.25) is 0 Å². The summed E-state index contributed by atoms with van der Waals surface area (Å²) in [6.07, 6.45) is 0. The molecule has 0 amide bonds. The van der Waals surface area contributed by atoms with Gasteiger partial charge in [0.25, 0.3) is 0 Å². The molecule has 0 aliphatic rings. The number of halogens is 5. The number of hydrogen-bond donors (Lipinski definition) is 0. The van der Waals surface area contributed by atoms with Crippen LogP contribution in [0.5, 0.6) is 0 Å². The van der Waals surface area contributed by atoms with Gasteiger partial charge >= 0.3 is 68.9 Å². The van der Waals surface area contributed by atoms with Crippen LogP contribution in [0.1, 0.15) is 0 Å². The predicted molar refractivity (Wildman–Crippen MR) is 73.0 cm³/mol. The first-order valence-corrected chi connectivity index (χ1v) is 0. The molecular weight excluding hydrogens is 796 g/mol. The van der Waals surface area contributed by atoms with Crippen LogP contribution in [0.3, 0.4) is 0 Å². The van der Waals surface area contributed by atoms with E-state index in [0.717, 1.165) is 0 Å². The molecule has 0 N–H and O–H groups in total. The molecule has 7 heavy (non-hydrogen) atoms. The second-order valence-corrected chi connectivity index (χ2v) is 0. The van der Waals surface area contributed by atoms with Crippen molar-refractivity contribution in [3.63, 3.8) is 0 Å². The Morgan fingerprint density at radius 2 is 0.571 bits per heavy atom. The van der Waals surface area contributed by atoms with Crippen molar-refractivity contribution < 1.29 is 92.9 Å². The Morgan fingerprint density at radius 1 is 0.571 bits per heavy atom. The van der Waals surface area contributed by atoms with Gasteiger partial charge in [-0.2, -0.15) is 0 Å². The van der Waals surface area contributed by atoms with E-state index in [1.165, 1.54) is 0 Å². The topological polar surface area (TPSA) is 0 Å². The number of rotatable bonds is 0. The summed E-state index contributed by atoms with van der Waals surface area (Å²) in [4.78, 5) is 0. The minimum absolute atomic E-state index is 0. The fourth-order valence-corrected chi connectivity index (χ4v) is 0. The maximum absolute atomic E-state index is 0. The minimum atomic E-state index is 0. The summed E-state index contributed by atoms with van der Waals surface area (Å²) >= 11 is 0. The molecule has 0 nitrogen and oxygen atoms in total. The first-order valence-electron chi connectivity index (χ1n) is 0. The van der Waals surface area contributed by atoms with Gasteiger partial charge in [0.05, 0.1) is 0 Å². The molecule has 48 valence electrons. The molecule has 0 rings (SSSR count). The summed E-state index contributed by atoms with van der Waals surface area (Å²) < 4.78 is 0. The van der Waals surface area contributed by atoms with Crippen molar-refractivity contribution in [1.29, 1.82) is 0 Å². The van der Waals surface area contributed by atoms with Gasteiger partial charge in [0.2, 0.25) is 0 Å². The third-order valence-electron chi connectivity index (χ3n) is 0. The van der Waals surface area contributed by atoms with E-state index in [1.807, 2.05) is 0 Å². The Balaban J connectivity index is 0. The molecule has 0 aliphatic carbocycles. The van der Waals surface area contributed by atoms with E-state index in [1.54, 1.807) is 0 Å². The van der Waals surface area contributed by atoms with Gasteiger partial charge in [0, 0.05) is 0 Å². The molecule has 0 saturated carbocycles. The van der Waals surface area contributed by atoms with Crippen molar-refractivity contribution in [1.82, 2.24) is 0 Å². The van der Waals surface area contributed by atoms with Gasteiger partial charge < -0.3 is 24.0 Å².